The highest BCUT2D eigenvalue weighted by Crippen LogP contribution is 2.41. The van der Waals surface area contributed by atoms with E-state index in [-0.39, 0.29) is 16.5 Å². The lowest BCUT2D eigenvalue weighted by atomic mass is 9.71. The van der Waals surface area contributed by atoms with E-state index in [0.29, 0.717) is 11.3 Å². The van der Waals surface area contributed by atoms with Crippen LogP contribution in [0.4, 0.5) is 5.69 Å². The molecule has 0 bridgehead atoms. The molecule has 3 unspecified atom stereocenters. The minimum Gasteiger partial charge on any atom is -0.299 e. The second-order valence-electron chi connectivity index (χ2n) is 5.13. The fourth-order valence-electron chi connectivity index (χ4n) is 2.90. The van der Waals surface area contributed by atoms with E-state index in [4.69, 9.17) is 12.2 Å². The van der Waals surface area contributed by atoms with E-state index in [9.17, 15) is 20.2 Å². The molecular formula is C15H13N3O3S. The first-order valence-electron chi connectivity index (χ1n) is 6.61. The number of Topliss-reactive ketones (excluding diaryl/α,β-unsaturated/α-hetero) is 1. The van der Waals surface area contributed by atoms with Gasteiger partial charge in [0.05, 0.1) is 16.9 Å². The SMILES string of the molecule is CC(=O)C1C(C)=NC(=S)C(C#N)C1c1ccccc1[N+](=O)[O-]. The lowest BCUT2D eigenvalue weighted by Gasteiger charge is -2.32. The molecule has 112 valence electrons. The molecule has 0 fully saturated rings. The molecule has 3 atom stereocenters. The van der Waals surface area contributed by atoms with Crippen molar-refractivity contribution in [3.8, 4) is 6.07 Å². The quantitative estimate of drug-likeness (QED) is 0.485. The average Bonchev–Trinajstić information content (AvgIpc) is 2.45. The van der Waals surface area contributed by atoms with Crippen LogP contribution in [0.1, 0.15) is 25.3 Å². The summed E-state index contributed by atoms with van der Waals surface area (Å²) in [7, 11) is 0. The molecule has 1 aliphatic heterocycles. The van der Waals surface area contributed by atoms with Crippen molar-refractivity contribution in [2.45, 2.75) is 19.8 Å². The molecule has 0 saturated carbocycles. The first kappa shape index (κ1) is 15.9. The van der Waals surface area contributed by atoms with Crippen molar-refractivity contribution in [2.75, 3.05) is 0 Å². The van der Waals surface area contributed by atoms with Gasteiger partial charge in [-0.2, -0.15) is 5.26 Å². The zero-order valence-electron chi connectivity index (χ0n) is 12.0. The summed E-state index contributed by atoms with van der Waals surface area (Å²) >= 11 is 5.14. The highest BCUT2D eigenvalue weighted by atomic mass is 32.1. The summed E-state index contributed by atoms with van der Waals surface area (Å²) in [6, 6.07) is 8.19. The molecule has 1 aromatic carbocycles. The molecule has 1 aliphatic rings. The van der Waals surface area contributed by atoms with Crippen LogP contribution in [0.2, 0.25) is 0 Å². The molecule has 7 heteroatoms. The molecule has 0 radical (unpaired) electrons. The molecule has 2 rings (SSSR count). The molecular weight excluding hydrogens is 302 g/mol. The van der Waals surface area contributed by atoms with E-state index in [1.807, 2.05) is 0 Å². The number of para-hydroxylation sites is 1. The van der Waals surface area contributed by atoms with Gasteiger partial charge in [-0.15, -0.1) is 0 Å². The lowest BCUT2D eigenvalue weighted by Crippen LogP contribution is -2.38. The highest BCUT2D eigenvalue weighted by Gasteiger charge is 2.43. The summed E-state index contributed by atoms with van der Waals surface area (Å²) in [4.78, 5) is 27.1. The van der Waals surface area contributed by atoms with E-state index in [1.165, 1.54) is 13.0 Å². The van der Waals surface area contributed by atoms with Gasteiger partial charge in [0.2, 0.25) is 0 Å². The summed E-state index contributed by atoms with van der Waals surface area (Å²) < 4.78 is 0. The predicted octanol–water partition coefficient (Wildman–Crippen LogP) is 2.83. The van der Waals surface area contributed by atoms with Crippen molar-refractivity contribution >= 4 is 34.4 Å². The van der Waals surface area contributed by atoms with Crippen molar-refractivity contribution in [3.63, 3.8) is 0 Å². The summed E-state index contributed by atoms with van der Waals surface area (Å²) in [6.07, 6.45) is 0. The molecule has 6 nitrogen and oxygen atoms in total. The fourth-order valence-corrected chi connectivity index (χ4v) is 3.24. The minimum atomic E-state index is -0.839. The third-order valence-electron chi connectivity index (χ3n) is 3.79. The topological polar surface area (TPSA) is 96.4 Å². The van der Waals surface area contributed by atoms with Crippen molar-refractivity contribution in [1.82, 2.24) is 0 Å². The number of aliphatic imine (C=N–C) groups is 1. The predicted molar refractivity (Wildman–Crippen MR) is 84.8 cm³/mol. The van der Waals surface area contributed by atoms with Crippen LogP contribution in [-0.4, -0.2) is 21.4 Å². The Hall–Kier alpha value is -2.46. The fraction of sp³-hybridized carbons (Fsp3) is 0.333. The normalized spacial score (nSPS) is 24.3. The molecule has 0 aliphatic carbocycles. The number of carbonyl (C=O) groups excluding carboxylic acids is 1. The summed E-state index contributed by atoms with van der Waals surface area (Å²) in [5, 5.41) is 20.7. The second kappa shape index (κ2) is 6.12. The number of nitriles is 1. The Morgan fingerprint density at radius 1 is 1.45 bits per heavy atom. The number of nitro groups is 1. The van der Waals surface area contributed by atoms with Crippen molar-refractivity contribution in [3.05, 3.63) is 39.9 Å². The number of hydrogen-bond acceptors (Lipinski definition) is 5. The third-order valence-corrected chi connectivity index (χ3v) is 4.14. The van der Waals surface area contributed by atoms with Gasteiger partial charge >= 0.3 is 0 Å². The van der Waals surface area contributed by atoms with E-state index < -0.39 is 22.7 Å². The van der Waals surface area contributed by atoms with E-state index >= 15 is 0 Å². The van der Waals surface area contributed by atoms with Crippen LogP contribution in [0.5, 0.6) is 0 Å². The summed E-state index contributed by atoms with van der Waals surface area (Å²) in [6.45, 7) is 3.06. The average molecular weight is 315 g/mol. The number of hydrogen-bond donors (Lipinski definition) is 0. The van der Waals surface area contributed by atoms with Crippen LogP contribution in [0.3, 0.4) is 0 Å². The number of nitrogens with zero attached hydrogens (tertiary/aromatic N) is 3. The maximum atomic E-state index is 12.0. The Morgan fingerprint density at radius 3 is 2.64 bits per heavy atom. The van der Waals surface area contributed by atoms with Crippen LogP contribution in [0.25, 0.3) is 0 Å². The first-order chi connectivity index (χ1) is 10.4. The van der Waals surface area contributed by atoms with Crippen LogP contribution in [0, 0.1) is 33.3 Å². The van der Waals surface area contributed by atoms with Crippen LogP contribution in [0.15, 0.2) is 29.3 Å². The Balaban J connectivity index is 2.71. The number of carbonyl (C=O) groups is 1. The molecule has 0 saturated heterocycles. The van der Waals surface area contributed by atoms with Gasteiger partial charge in [-0.1, -0.05) is 30.4 Å². The Labute approximate surface area is 132 Å². The minimum absolute atomic E-state index is 0.114. The molecule has 1 heterocycles. The Bertz CT molecular complexity index is 736. The maximum absolute atomic E-state index is 12.0. The third kappa shape index (κ3) is 2.65. The maximum Gasteiger partial charge on any atom is 0.272 e. The number of ketones is 1. The smallest absolute Gasteiger partial charge is 0.272 e. The summed E-state index contributed by atoms with van der Waals surface area (Å²) in [5.41, 5.74) is 0.722. The zero-order chi connectivity index (χ0) is 16.4. The highest BCUT2D eigenvalue weighted by molar-refractivity contribution is 7.80. The van der Waals surface area contributed by atoms with Gasteiger partial charge in [-0.25, -0.2) is 4.99 Å². The summed E-state index contributed by atoms with van der Waals surface area (Å²) in [5.74, 6) is -2.40. The van der Waals surface area contributed by atoms with Gasteiger partial charge in [0.15, 0.2) is 0 Å². The number of thiocarbonyl (C=S) groups is 1. The lowest BCUT2D eigenvalue weighted by molar-refractivity contribution is -0.385. The van der Waals surface area contributed by atoms with Crippen LogP contribution in [-0.2, 0) is 4.79 Å². The second-order valence-corrected chi connectivity index (χ2v) is 5.55. The Kier molecular flexibility index (Phi) is 4.43. The van der Waals surface area contributed by atoms with Gasteiger partial charge in [0, 0.05) is 23.3 Å². The van der Waals surface area contributed by atoms with Gasteiger partial charge < -0.3 is 0 Å². The first-order valence-corrected chi connectivity index (χ1v) is 7.01. The van der Waals surface area contributed by atoms with Gasteiger partial charge in [0.1, 0.15) is 16.7 Å². The van der Waals surface area contributed by atoms with Gasteiger partial charge in [0.25, 0.3) is 5.69 Å². The van der Waals surface area contributed by atoms with Gasteiger partial charge in [-0.05, 0) is 13.8 Å². The van der Waals surface area contributed by atoms with E-state index in [1.54, 1.807) is 25.1 Å². The molecule has 0 N–H and O–H groups in total. The number of nitro benzene ring substituents is 1. The monoisotopic (exact) mass is 315 g/mol. The van der Waals surface area contributed by atoms with E-state index in [2.05, 4.69) is 11.1 Å². The van der Waals surface area contributed by atoms with Gasteiger partial charge in [-0.3, -0.25) is 14.9 Å². The van der Waals surface area contributed by atoms with Crippen molar-refractivity contribution in [1.29, 1.82) is 5.26 Å². The number of benzene rings is 1. The van der Waals surface area contributed by atoms with Crippen LogP contribution >= 0.6 is 12.2 Å². The molecule has 0 aromatic heterocycles. The number of rotatable bonds is 3. The molecule has 1 aromatic rings. The molecule has 22 heavy (non-hydrogen) atoms. The Morgan fingerprint density at radius 2 is 2.09 bits per heavy atom. The van der Waals surface area contributed by atoms with Crippen molar-refractivity contribution in [2.24, 2.45) is 16.8 Å². The molecule has 0 spiro atoms. The largest absolute Gasteiger partial charge is 0.299 e. The zero-order valence-corrected chi connectivity index (χ0v) is 12.8. The standard InChI is InChI=1S/C15H13N3O3S/c1-8-13(9(2)19)14(11(7-16)15(22)17-8)10-5-3-4-6-12(10)18(20)21/h3-6,11,13-14H,1-2H3. The van der Waals surface area contributed by atoms with Crippen LogP contribution < -0.4 is 0 Å². The van der Waals surface area contributed by atoms with Crippen molar-refractivity contribution < 1.29 is 9.72 Å². The molecule has 0 amide bonds. The van der Waals surface area contributed by atoms with E-state index in [0.717, 1.165) is 0 Å².